The minimum absolute atomic E-state index is 0.0138. The van der Waals surface area contributed by atoms with E-state index in [1.54, 1.807) is 28.3 Å². The quantitative estimate of drug-likeness (QED) is 0.536. The minimum atomic E-state index is -4.81. The van der Waals surface area contributed by atoms with Crippen molar-refractivity contribution in [3.05, 3.63) is 32.7 Å². The van der Waals surface area contributed by atoms with E-state index in [0.717, 1.165) is 37.3 Å². The monoisotopic (exact) mass is 500 g/mol. The second-order valence-electron chi connectivity index (χ2n) is 8.44. The third-order valence-corrected chi connectivity index (χ3v) is 7.08. The van der Waals surface area contributed by atoms with Crippen LogP contribution in [0.15, 0.2) is 11.0 Å². The van der Waals surface area contributed by atoms with Gasteiger partial charge in [0.05, 0.1) is 37.2 Å². The van der Waals surface area contributed by atoms with E-state index in [4.69, 9.17) is 9.72 Å². The normalized spacial score (nSPS) is 17.1. The van der Waals surface area contributed by atoms with Gasteiger partial charge in [0.1, 0.15) is 5.56 Å². The molecule has 1 fully saturated rings. The molecule has 1 saturated heterocycles. The Kier molecular flexibility index (Phi) is 7.41. The predicted molar refractivity (Wildman–Crippen MR) is 121 cm³/mol. The van der Waals surface area contributed by atoms with E-state index in [2.05, 4.69) is 15.3 Å². The second kappa shape index (κ2) is 10.3. The van der Waals surface area contributed by atoms with Gasteiger partial charge >= 0.3 is 6.18 Å². The minimum Gasteiger partial charge on any atom is -0.379 e. The lowest BCUT2D eigenvalue weighted by molar-refractivity contribution is -0.138. The van der Waals surface area contributed by atoms with Crippen molar-refractivity contribution in [3.63, 3.8) is 0 Å². The Morgan fingerprint density at radius 1 is 1.29 bits per heavy atom. The van der Waals surface area contributed by atoms with Crippen LogP contribution in [0, 0.1) is 0 Å². The second-order valence-corrected chi connectivity index (χ2v) is 9.51. The molecule has 0 aromatic carbocycles. The van der Waals surface area contributed by atoms with Gasteiger partial charge < -0.3 is 19.9 Å². The standard InChI is InChI=1S/C21H27F3N6O3S/c1-13(26-15-11-25-28-19(32)18(15)21(22,23)24)12-33-10-5-17(31)29-6-8-30(9-7-29)20-27-14-3-2-4-16(14)34-20/h11,13H,2-10,12H2,1H3,(H2,26,28,32)/t13-/m0/s1. The average Bonchev–Trinajstić information content (AvgIpc) is 3.38. The number of carbonyl (C=O) groups excluding carboxylic acids is 1. The third kappa shape index (κ3) is 5.69. The lowest BCUT2D eigenvalue weighted by atomic mass is 10.2. The van der Waals surface area contributed by atoms with Crippen LogP contribution in [-0.2, 0) is 28.5 Å². The predicted octanol–water partition coefficient (Wildman–Crippen LogP) is 2.29. The number of aryl methyl sites for hydroxylation is 2. The molecular weight excluding hydrogens is 473 g/mol. The van der Waals surface area contributed by atoms with Crippen LogP contribution in [0.2, 0.25) is 0 Å². The average molecular weight is 501 g/mol. The summed E-state index contributed by atoms with van der Waals surface area (Å²) >= 11 is 1.76. The molecule has 13 heteroatoms. The van der Waals surface area contributed by atoms with Gasteiger partial charge in [-0.3, -0.25) is 9.59 Å². The number of aromatic amines is 1. The molecule has 1 aliphatic heterocycles. The molecule has 0 spiro atoms. The van der Waals surface area contributed by atoms with Gasteiger partial charge in [-0.2, -0.15) is 18.3 Å². The van der Waals surface area contributed by atoms with Gasteiger partial charge in [-0.25, -0.2) is 10.1 Å². The van der Waals surface area contributed by atoms with Gasteiger partial charge in [-0.05, 0) is 26.2 Å². The van der Waals surface area contributed by atoms with Crippen LogP contribution in [0.3, 0.4) is 0 Å². The highest BCUT2D eigenvalue weighted by molar-refractivity contribution is 7.15. The summed E-state index contributed by atoms with van der Waals surface area (Å²) in [6.45, 7) is 4.58. The number of thiazole rings is 1. The van der Waals surface area contributed by atoms with Crippen molar-refractivity contribution in [2.45, 2.75) is 44.8 Å². The molecule has 0 unspecified atom stereocenters. The molecule has 3 heterocycles. The summed E-state index contributed by atoms with van der Waals surface area (Å²) in [6.07, 6.45) is -0.338. The van der Waals surface area contributed by atoms with Crippen LogP contribution in [-0.4, -0.2) is 71.4 Å². The fourth-order valence-corrected chi connectivity index (χ4v) is 5.33. The number of nitrogens with one attached hydrogen (secondary N) is 2. The number of hydrogen-bond acceptors (Lipinski definition) is 8. The van der Waals surface area contributed by atoms with Crippen LogP contribution in [0.5, 0.6) is 0 Å². The van der Waals surface area contributed by atoms with Gasteiger partial charge in [-0.1, -0.05) is 0 Å². The zero-order valence-electron chi connectivity index (χ0n) is 18.8. The van der Waals surface area contributed by atoms with Crippen LogP contribution in [0.4, 0.5) is 24.0 Å². The molecule has 1 atom stereocenters. The van der Waals surface area contributed by atoms with Crippen molar-refractivity contribution in [1.82, 2.24) is 20.1 Å². The highest BCUT2D eigenvalue weighted by atomic mass is 32.1. The number of H-pyrrole nitrogens is 1. The number of fused-ring (bicyclic) bond motifs is 1. The molecule has 4 rings (SSSR count). The van der Waals surface area contributed by atoms with Gasteiger partial charge in [0.25, 0.3) is 5.56 Å². The number of anilines is 2. The maximum atomic E-state index is 13.1. The molecule has 2 aromatic rings. The molecule has 0 radical (unpaired) electrons. The number of halogens is 3. The largest absolute Gasteiger partial charge is 0.423 e. The Bertz CT molecular complexity index is 1040. The van der Waals surface area contributed by atoms with Gasteiger partial charge in [0, 0.05) is 37.1 Å². The SMILES string of the molecule is C[C@@H](COCCC(=O)N1CCN(c2nc3c(s2)CCC3)CC1)Nc1cn[nH]c(=O)c1C(F)(F)F. The Morgan fingerprint density at radius 2 is 2.06 bits per heavy atom. The van der Waals surface area contributed by atoms with Gasteiger partial charge in [0.2, 0.25) is 5.91 Å². The molecule has 1 aliphatic carbocycles. The Morgan fingerprint density at radius 3 is 2.76 bits per heavy atom. The van der Waals surface area contributed by atoms with Crippen LogP contribution < -0.4 is 15.8 Å². The maximum Gasteiger partial charge on any atom is 0.423 e. The Hall–Kier alpha value is -2.67. The zero-order valence-corrected chi connectivity index (χ0v) is 19.6. The summed E-state index contributed by atoms with van der Waals surface area (Å²) in [7, 11) is 0. The number of rotatable bonds is 8. The molecule has 9 nitrogen and oxygen atoms in total. The molecular formula is C21H27F3N6O3S. The number of alkyl halides is 3. The van der Waals surface area contributed by atoms with Crippen molar-refractivity contribution in [3.8, 4) is 0 Å². The molecule has 0 saturated carbocycles. The number of hydrogen-bond donors (Lipinski definition) is 2. The van der Waals surface area contributed by atoms with Crippen LogP contribution >= 0.6 is 11.3 Å². The van der Waals surface area contributed by atoms with Crippen molar-refractivity contribution in [2.75, 3.05) is 49.6 Å². The summed E-state index contributed by atoms with van der Waals surface area (Å²) in [5.41, 5.74) is -1.82. The van der Waals surface area contributed by atoms with E-state index in [9.17, 15) is 22.8 Å². The van der Waals surface area contributed by atoms with Gasteiger partial charge in [-0.15, -0.1) is 11.3 Å². The number of nitrogens with zero attached hydrogens (tertiary/aromatic N) is 4. The van der Waals surface area contributed by atoms with E-state index in [1.165, 1.54) is 17.0 Å². The molecule has 2 aromatic heterocycles. The molecule has 1 amide bonds. The Labute approximate surface area is 198 Å². The highest BCUT2D eigenvalue weighted by Gasteiger charge is 2.37. The smallest absolute Gasteiger partial charge is 0.379 e. The van der Waals surface area contributed by atoms with E-state index in [1.807, 2.05) is 0 Å². The lowest BCUT2D eigenvalue weighted by Crippen LogP contribution is -2.49. The van der Waals surface area contributed by atoms with Crippen molar-refractivity contribution in [2.24, 2.45) is 0 Å². The van der Waals surface area contributed by atoms with Crippen molar-refractivity contribution < 1.29 is 22.7 Å². The molecule has 2 aliphatic rings. The molecule has 0 bridgehead atoms. The topological polar surface area (TPSA) is 103 Å². The summed E-state index contributed by atoms with van der Waals surface area (Å²) in [6, 6.07) is -0.525. The first-order valence-corrected chi connectivity index (χ1v) is 12.0. The van der Waals surface area contributed by atoms with E-state index < -0.39 is 29.0 Å². The van der Waals surface area contributed by atoms with Crippen LogP contribution in [0.25, 0.3) is 0 Å². The first kappa shape index (κ1) is 24.5. The van der Waals surface area contributed by atoms with Gasteiger partial charge in [0.15, 0.2) is 5.13 Å². The highest BCUT2D eigenvalue weighted by Crippen LogP contribution is 2.33. The Balaban J connectivity index is 1.17. The summed E-state index contributed by atoms with van der Waals surface area (Å²) in [4.78, 5) is 34.2. The molecule has 2 N–H and O–H groups in total. The van der Waals surface area contributed by atoms with Crippen molar-refractivity contribution in [1.29, 1.82) is 0 Å². The summed E-state index contributed by atoms with van der Waals surface area (Å²) in [5, 5.41) is 8.87. The third-order valence-electron chi connectivity index (χ3n) is 5.86. The first-order chi connectivity index (χ1) is 16.2. The molecule has 186 valence electrons. The zero-order chi connectivity index (χ0) is 24.3. The van der Waals surface area contributed by atoms with Crippen molar-refractivity contribution >= 4 is 28.1 Å². The number of aromatic nitrogens is 3. The summed E-state index contributed by atoms with van der Waals surface area (Å²) < 4.78 is 44.9. The fraction of sp³-hybridized carbons (Fsp3) is 0.619. The lowest BCUT2D eigenvalue weighted by Gasteiger charge is -2.34. The summed E-state index contributed by atoms with van der Waals surface area (Å²) in [5.74, 6) is -0.0138. The fourth-order valence-electron chi connectivity index (χ4n) is 4.13. The number of carbonyl (C=O) groups is 1. The van der Waals surface area contributed by atoms with Crippen LogP contribution in [0.1, 0.15) is 35.9 Å². The van der Waals surface area contributed by atoms with E-state index >= 15 is 0 Å². The van der Waals surface area contributed by atoms with E-state index in [-0.39, 0.29) is 25.5 Å². The number of piperazine rings is 1. The molecule has 34 heavy (non-hydrogen) atoms. The number of amides is 1. The first-order valence-electron chi connectivity index (χ1n) is 11.2. The van der Waals surface area contributed by atoms with E-state index in [0.29, 0.717) is 13.1 Å². The number of ether oxygens (including phenoxy) is 1. The maximum absolute atomic E-state index is 13.1.